The van der Waals surface area contributed by atoms with Crippen LogP contribution in [0.2, 0.25) is 0 Å². The maximum Gasteiger partial charge on any atom is 0.165 e. The molecule has 1 fully saturated rings. The predicted molar refractivity (Wildman–Crippen MR) is 83.7 cm³/mol. The minimum atomic E-state index is 0.0839. The Kier molecular flexibility index (Phi) is 3.84. The van der Waals surface area contributed by atoms with E-state index >= 15 is 0 Å². The third kappa shape index (κ3) is 2.74. The zero-order chi connectivity index (χ0) is 14.7. The van der Waals surface area contributed by atoms with Crippen LogP contribution in [0.5, 0.6) is 11.5 Å². The number of nitrogens with two attached hydrogens (primary N) is 1. The first-order valence-corrected chi connectivity index (χ1v) is 7.33. The Labute approximate surface area is 125 Å². The fourth-order valence-corrected chi connectivity index (χ4v) is 2.71. The molecule has 0 aromatic heterocycles. The Balaban J connectivity index is 1.89. The summed E-state index contributed by atoms with van der Waals surface area (Å²) in [5.74, 6) is 1.62. The average Bonchev–Trinajstić information content (AvgIpc) is 3.34. The third-order valence-electron chi connectivity index (χ3n) is 4.24. The van der Waals surface area contributed by atoms with Crippen molar-refractivity contribution >= 4 is 0 Å². The quantitative estimate of drug-likeness (QED) is 0.885. The summed E-state index contributed by atoms with van der Waals surface area (Å²) in [6.07, 6.45) is 2.25. The number of para-hydroxylation sites is 1. The molecule has 1 saturated carbocycles. The van der Waals surface area contributed by atoms with Crippen LogP contribution in [0.3, 0.4) is 0 Å². The molecular formula is C18H21NO2. The summed E-state index contributed by atoms with van der Waals surface area (Å²) in [5, 5.41) is 0. The lowest BCUT2D eigenvalue weighted by Gasteiger charge is -2.20. The second kappa shape index (κ2) is 5.78. The summed E-state index contributed by atoms with van der Waals surface area (Å²) < 4.78 is 11.6. The van der Waals surface area contributed by atoms with E-state index < -0.39 is 0 Å². The van der Waals surface area contributed by atoms with Gasteiger partial charge in [-0.15, -0.1) is 0 Å². The van der Waals surface area contributed by atoms with Crippen molar-refractivity contribution in [2.24, 2.45) is 5.73 Å². The highest BCUT2D eigenvalue weighted by molar-refractivity contribution is 5.52. The van der Waals surface area contributed by atoms with Crippen LogP contribution in [-0.4, -0.2) is 13.7 Å². The Morgan fingerprint density at radius 2 is 1.81 bits per heavy atom. The number of hydrogen-bond donors (Lipinski definition) is 1. The first-order chi connectivity index (χ1) is 10.3. The molecule has 0 amide bonds. The van der Waals surface area contributed by atoms with Crippen molar-refractivity contribution in [3.8, 4) is 11.5 Å². The molecule has 1 aliphatic rings. The fourth-order valence-electron chi connectivity index (χ4n) is 2.71. The predicted octanol–water partition coefficient (Wildman–Crippen LogP) is 3.26. The molecule has 0 unspecified atom stereocenters. The molecule has 3 rings (SSSR count). The zero-order valence-electron chi connectivity index (χ0n) is 12.3. The summed E-state index contributed by atoms with van der Waals surface area (Å²) in [7, 11) is 1.68. The molecule has 2 N–H and O–H groups in total. The molecule has 110 valence electrons. The molecule has 0 atom stereocenters. The maximum atomic E-state index is 6.09. The average molecular weight is 283 g/mol. The van der Waals surface area contributed by atoms with Gasteiger partial charge in [0, 0.05) is 17.5 Å². The number of benzene rings is 2. The molecule has 2 aromatic rings. The van der Waals surface area contributed by atoms with E-state index in [2.05, 4.69) is 18.2 Å². The lowest BCUT2D eigenvalue weighted by Crippen LogP contribution is -2.21. The Hall–Kier alpha value is -2.00. The van der Waals surface area contributed by atoms with Crippen LogP contribution in [0.4, 0.5) is 0 Å². The monoisotopic (exact) mass is 283 g/mol. The Morgan fingerprint density at radius 3 is 2.43 bits per heavy atom. The molecule has 0 spiro atoms. The summed E-state index contributed by atoms with van der Waals surface area (Å²) in [4.78, 5) is 0. The molecular weight excluding hydrogens is 262 g/mol. The Morgan fingerprint density at radius 1 is 1.05 bits per heavy atom. The first-order valence-electron chi connectivity index (χ1n) is 7.33. The topological polar surface area (TPSA) is 44.5 Å². The molecule has 1 aliphatic carbocycles. The molecule has 0 aliphatic heterocycles. The lowest BCUT2D eigenvalue weighted by atomic mass is 9.95. The van der Waals surface area contributed by atoms with Gasteiger partial charge in [-0.2, -0.15) is 0 Å². The molecule has 0 radical (unpaired) electrons. The summed E-state index contributed by atoms with van der Waals surface area (Å²) >= 11 is 0. The van der Waals surface area contributed by atoms with Crippen LogP contribution in [0.15, 0.2) is 48.5 Å². The van der Waals surface area contributed by atoms with E-state index in [-0.39, 0.29) is 5.41 Å². The van der Waals surface area contributed by atoms with Gasteiger partial charge in [-0.3, -0.25) is 0 Å². The van der Waals surface area contributed by atoms with Gasteiger partial charge in [0.25, 0.3) is 0 Å². The van der Waals surface area contributed by atoms with Crippen LogP contribution < -0.4 is 15.2 Å². The van der Waals surface area contributed by atoms with Crippen molar-refractivity contribution in [1.82, 2.24) is 0 Å². The van der Waals surface area contributed by atoms with Crippen LogP contribution in [0.1, 0.15) is 24.0 Å². The van der Waals surface area contributed by atoms with Gasteiger partial charge in [0.1, 0.15) is 6.61 Å². The summed E-state index contributed by atoms with van der Waals surface area (Å²) in [6.45, 7) is 1.19. The smallest absolute Gasteiger partial charge is 0.165 e. The molecule has 0 heterocycles. The van der Waals surface area contributed by atoms with E-state index in [9.17, 15) is 0 Å². The van der Waals surface area contributed by atoms with Gasteiger partial charge in [-0.05, 0) is 24.5 Å². The first kappa shape index (κ1) is 14.0. The fraction of sp³-hybridized carbons (Fsp3) is 0.333. The second-order valence-corrected chi connectivity index (χ2v) is 5.60. The number of hydrogen-bond acceptors (Lipinski definition) is 3. The number of rotatable bonds is 6. The Bertz CT molecular complexity index is 606. The van der Waals surface area contributed by atoms with Crippen LogP contribution >= 0.6 is 0 Å². The third-order valence-corrected chi connectivity index (χ3v) is 4.24. The second-order valence-electron chi connectivity index (χ2n) is 5.60. The van der Waals surface area contributed by atoms with Crippen molar-refractivity contribution in [3.05, 3.63) is 59.7 Å². The minimum Gasteiger partial charge on any atom is -0.493 e. The van der Waals surface area contributed by atoms with E-state index in [0.717, 1.165) is 29.9 Å². The van der Waals surface area contributed by atoms with Crippen molar-refractivity contribution in [2.45, 2.75) is 24.9 Å². The van der Waals surface area contributed by atoms with Gasteiger partial charge in [-0.25, -0.2) is 0 Å². The van der Waals surface area contributed by atoms with Crippen LogP contribution in [0.25, 0.3) is 0 Å². The van der Waals surface area contributed by atoms with Gasteiger partial charge < -0.3 is 15.2 Å². The van der Waals surface area contributed by atoms with E-state index in [1.54, 1.807) is 7.11 Å². The summed E-state index contributed by atoms with van der Waals surface area (Å²) in [6, 6.07) is 16.2. The van der Waals surface area contributed by atoms with Gasteiger partial charge in [0.2, 0.25) is 0 Å². The van der Waals surface area contributed by atoms with E-state index in [1.165, 1.54) is 5.56 Å². The highest BCUT2D eigenvalue weighted by Crippen LogP contribution is 2.52. The number of ether oxygens (including phenoxy) is 2. The molecule has 2 aromatic carbocycles. The normalized spacial score (nSPS) is 15.5. The van der Waals surface area contributed by atoms with Gasteiger partial charge >= 0.3 is 0 Å². The highest BCUT2D eigenvalue weighted by atomic mass is 16.5. The zero-order valence-corrected chi connectivity index (χ0v) is 12.3. The van der Waals surface area contributed by atoms with E-state index in [4.69, 9.17) is 15.2 Å². The maximum absolute atomic E-state index is 6.09. The highest BCUT2D eigenvalue weighted by Gasteiger charge is 2.45. The van der Waals surface area contributed by atoms with Gasteiger partial charge in [-0.1, -0.05) is 42.5 Å². The summed E-state index contributed by atoms with van der Waals surface area (Å²) in [5.41, 5.74) is 8.38. The van der Waals surface area contributed by atoms with E-state index in [1.807, 2.05) is 30.3 Å². The lowest BCUT2D eigenvalue weighted by molar-refractivity contribution is 0.279. The van der Waals surface area contributed by atoms with E-state index in [0.29, 0.717) is 13.2 Å². The van der Waals surface area contributed by atoms with Crippen molar-refractivity contribution < 1.29 is 9.47 Å². The van der Waals surface area contributed by atoms with Crippen LogP contribution in [0, 0.1) is 0 Å². The largest absolute Gasteiger partial charge is 0.493 e. The van der Waals surface area contributed by atoms with Gasteiger partial charge in [0.15, 0.2) is 11.5 Å². The number of methoxy groups -OCH3 is 1. The SMILES string of the molecule is COc1cccc(C2(CN)CC2)c1OCc1ccccc1. The minimum absolute atomic E-state index is 0.0839. The van der Waals surface area contributed by atoms with Crippen LogP contribution in [-0.2, 0) is 12.0 Å². The standard InChI is InChI=1S/C18H21NO2/c1-20-16-9-5-8-15(18(13-19)10-11-18)17(16)21-12-14-6-3-2-4-7-14/h2-9H,10-13,19H2,1H3. The van der Waals surface area contributed by atoms with Crippen molar-refractivity contribution in [2.75, 3.05) is 13.7 Å². The molecule has 0 saturated heterocycles. The molecule has 3 heteroatoms. The van der Waals surface area contributed by atoms with Crippen molar-refractivity contribution in [1.29, 1.82) is 0 Å². The van der Waals surface area contributed by atoms with Crippen molar-refractivity contribution in [3.63, 3.8) is 0 Å². The van der Waals surface area contributed by atoms with Gasteiger partial charge in [0.05, 0.1) is 7.11 Å². The molecule has 3 nitrogen and oxygen atoms in total. The molecule has 21 heavy (non-hydrogen) atoms. The molecule has 0 bridgehead atoms.